The number of carbonyl (C=O) groups excluding carboxylic acids is 3. The number of carbonyl (C=O) groups is 3. The Balaban J connectivity index is 1.29. The summed E-state index contributed by atoms with van der Waals surface area (Å²) in [5.41, 5.74) is 0.786. The Hall–Kier alpha value is -3.60. The summed E-state index contributed by atoms with van der Waals surface area (Å²) in [6, 6.07) is 7.86. The predicted molar refractivity (Wildman–Crippen MR) is 110 cm³/mol. The molecule has 3 aliphatic rings. The summed E-state index contributed by atoms with van der Waals surface area (Å²) >= 11 is 0. The number of rotatable bonds is 2. The largest absolute Gasteiger partial charge is 0.378 e. The Morgan fingerprint density at radius 1 is 1.10 bits per heavy atom. The van der Waals surface area contributed by atoms with Crippen molar-refractivity contribution in [3.8, 4) is 0 Å². The van der Waals surface area contributed by atoms with Crippen molar-refractivity contribution in [1.29, 1.82) is 0 Å². The van der Waals surface area contributed by atoms with Gasteiger partial charge in [-0.2, -0.15) is 4.98 Å². The van der Waals surface area contributed by atoms with E-state index in [0.29, 0.717) is 56.0 Å². The Morgan fingerprint density at radius 2 is 1.87 bits per heavy atom. The van der Waals surface area contributed by atoms with Crippen LogP contribution in [0.2, 0.25) is 0 Å². The van der Waals surface area contributed by atoms with Gasteiger partial charge in [-0.15, -0.1) is 5.10 Å². The molecule has 0 saturated carbocycles. The van der Waals surface area contributed by atoms with Crippen LogP contribution in [0.15, 0.2) is 35.3 Å². The number of ether oxygens (including phenoxy) is 1. The highest BCUT2D eigenvalue weighted by atomic mass is 16.5. The van der Waals surface area contributed by atoms with Crippen molar-refractivity contribution in [3.63, 3.8) is 0 Å². The minimum atomic E-state index is -0.598. The third kappa shape index (κ3) is 3.79. The summed E-state index contributed by atoms with van der Waals surface area (Å²) in [6.07, 6.45) is 0. The fourth-order valence-corrected chi connectivity index (χ4v) is 3.93. The van der Waals surface area contributed by atoms with Crippen LogP contribution >= 0.6 is 0 Å². The number of nitrogens with one attached hydrogen (secondary N) is 1. The number of fused-ring (bicyclic) bond motifs is 2. The summed E-state index contributed by atoms with van der Waals surface area (Å²) in [5, 5.41) is 6.88. The number of hydrogen-bond acceptors (Lipinski definition) is 8. The van der Waals surface area contributed by atoms with E-state index in [1.807, 2.05) is 4.90 Å². The number of benzene rings is 1. The number of morpholine rings is 1. The number of Topliss-reactive ketones (excluding diaryl/α,β-unsaturated/α-hetero) is 1. The highest BCUT2D eigenvalue weighted by molar-refractivity contribution is 6.42. The van der Waals surface area contributed by atoms with Crippen molar-refractivity contribution in [2.24, 2.45) is 10.9 Å². The zero-order chi connectivity index (χ0) is 21.4. The van der Waals surface area contributed by atoms with Crippen molar-refractivity contribution in [2.75, 3.05) is 44.3 Å². The van der Waals surface area contributed by atoms with E-state index >= 15 is 0 Å². The second kappa shape index (κ2) is 7.91. The molecule has 11 nitrogen and oxygen atoms in total. The first-order valence-electron chi connectivity index (χ1n) is 10.1. The van der Waals surface area contributed by atoms with Crippen LogP contribution in [0.1, 0.15) is 10.4 Å². The SMILES string of the molecule is O=C1CN(C(=O)NC(=O)c2ccccc2)CC2Cn3nc(N4CCOCC4)nc3N=C12. The molecule has 1 N–H and O–H groups in total. The molecule has 0 spiro atoms. The third-order valence-electron chi connectivity index (χ3n) is 5.54. The van der Waals surface area contributed by atoms with Gasteiger partial charge in [0.15, 0.2) is 5.78 Å². The first kappa shape index (κ1) is 19.4. The number of nitrogens with zero attached hydrogens (tertiary/aromatic N) is 6. The van der Waals surface area contributed by atoms with Crippen LogP contribution in [0, 0.1) is 5.92 Å². The van der Waals surface area contributed by atoms with Gasteiger partial charge in [0.1, 0.15) is 0 Å². The Morgan fingerprint density at radius 3 is 2.65 bits per heavy atom. The molecule has 3 aliphatic heterocycles. The smallest absolute Gasteiger partial charge is 0.324 e. The molecule has 5 rings (SSSR count). The van der Waals surface area contributed by atoms with E-state index in [2.05, 4.69) is 20.4 Å². The number of ketones is 1. The topological polar surface area (TPSA) is 122 Å². The van der Waals surface area contributed by atoms with E-state index < -0.39 is 11.9 Å². The average Bonchev–Trinajstić information content (AvgIpc) is 3.22. The molecule has 1 aromatic carbocycles. The number of imide groups is 1. The van der Waals surface area contributed by atoms with Crippen LogP contribution in [-0.2, 0) is 16.1 Å². The van der Waals surface area contributed by atoms with Gasteiger partial charge >= 0.3 is 6.03 Å². The van der Waals surface area contributed by atoms with Crippen molar-refractivity contribution in [2.45, 2.75) is 6.54 Å². The molecule has 1 aromatic heterocycles. The van der Waals surface area contributed by atoms with Crippen LogP contribution in [-0.4, -0.2) is 82.5 Å². The van der Waals surface area contributed by atoms with Crippen molar-refractivity contribution in [1.82, 2.24) is 25.0 Å². The standard InChI is InChI=1S/C20H21N7O4/c28-15-12-26(20(30)22-17(29)13-4-2-1-3-5-13)10-14-11-27-18(21-16(14)15)23-19(24-27)25-6-8-31-9-7-25/h1-5,14H,6-12H2,(H,22,29,30). The normalized spacial score (nSPS) is 20.6. The Kier molecular flexibility index (Phi) is 4.94. The molecule has 31 heavy (non-hydrogen) atoms. The lowest BCUT2D eigenvalue weighted by Gasteiger charge is -2.34. The first-order valence-corrected chi connectivity index (χ1v) is 10.1. The summed E-state index contributed by atoms with van der Waals surface area (Å²) in [5.74, 6) is -0.0868. The molecular weight excluding hydrogens is 402 g/mol. The molecule has 2 fully saturated rings. The number of aliphatic imine (C=N–C) groups is 1. The lowest BCUT2D eigenvalue weighted by atomic mass is 9.93. The zero-order valence-electron chi connectivity index (χ0n) is 16.7. The molecule has 4 heterocycles. The minimum Gasteiger partial charge on any atom is -0.378 e. The lowest BCUT2D eigenvalue weighted by Crippen LogP contribution is -2.55. The molecule has 2 aromatic rings. The quantitative estimate of drug-likeness (QED) is 0.735. The average molecular weight is 423 g/mol. The molecule has 0 bridgehead atoms. The second-order valence-electron chi connectivity index (χ2n) is 7.62. The number of aromatic nitrogens is 3. The molecule has 1 unspecified atom stereocenters. The fraction of sp³-hybridized carbons (Fsp3) is 0.400. The van der Waals surface area contributed by atoms with E-state index in [9.17, 15) is 14.4 Å². The van der Waals surface area contributed by atoms with Crippen molar-refractivity contribution < 1.29 is 19.1 Å². The summed E-state index contributed by atoms with van der Waals surface area (Å²) < 4.78 is 7.03. The zero-order valence-corrected chi connectivity index (χ0v) is 16.7. The van der Waals surface area contributed by atoms with E-state index in [1.165, 1.54) is 4.90 Å². The van der Waals surface area contributed by atoms with Gasteiger partial charge in [0, 0.05) is 31.1 Å². The second-order valence-corrected chi connectivity index (χ2v) is 7.62. The molecule has 11 heteroatoms. The van der Waals surface area contributed by atoms with Gasteiger partial charge in [-0.3, -0.25) is 14.9 Å². The fourth-order valence-electron chi connectivity index (χ4n) is 3.93. The summed E-state index contributed by atoms with van der Waals surface area (Å²) in [7, 11) is 0. The third-order valence-corrected chi connectivity index (χ3v) is 5.54. The van der Waals surface area contributed by atoms with E-state index in [0.717, 1.165) is 0 Å². The first-order chi connectivity index (χ1) is 15.1. The van der Waals surface area contributed by atoms with Gasteiger partial charge in [0.25, 0.3) is 5.91 Å². The monoisotopic (exact) mass is 423 g/mol. The Labute approximate surface area is 177 Å². The van der Waals surface area contributed by atoms with E-state index in [4.69, 9.17) is 4.74 Å². The van der Waals surface area contributed by atoms with Gasteiger partial charge in [-0.25, -0.2) is 14.5 Å². The van der Waals surface area contributed by atoms with Gasteiger partial charge in [-0.05, 0) is 12.1 Å². The molecule has 0 radical (unpaired) electrons. The molecule has 3 amide bonds. The van der Waals surface area contributed by atoms with Crippen LogP contribution in [0.4, 0.5) is 16.7 Å². The van der Waals surface area contributed by atoms with Crippen LogP contribution in [0.25, 0.3) is 0 Å². The minimum absolute atomic E-state index is 0.131. The maximum absolute atomic E-state index is 12.7. The summed E-state index contributed by atoms with van der Waals surface area (Å²) in [6.45, 7) is 3.17. The van der Waals surface area contributed by atoms with E-state index in [1.54, 1.807) is 35.0 Å². The van der Waals surface area contributed by atoms with Crippen molar-refractivity contribution in [3.05, 3.63) is 35.9 Å². The number of amides is 3. The number of likely N-dealkylation sites (tertiary alicyclic amines) is 1. The number of anilines is 1. The summed E-state index contributed by atoms with van der Waals surface area (Å²) in [4.78, 5) is 49.9. The van der Waals surface area contributed by atoms with Gasteiger partial charge in [-0.1, -0.05) is 18.2 Å². The maximum atomic E-state index is 12.7. The van der Waals surface area contributed by atoms with E-state index in [-0.39, 0.29) is 24.8 Å². The predicted octanol–water partition coefficient (Wildman–Crippen LogP) is 0.252. The number of hydrogen-bond donors (Lipinski definition) is 1. The highest BCUT2D eigenvalue weighted by Gasteiger charge is 2.38. The molecule has 1 atom stereocenters. The van der Waals surface area contributed by atoms with Gasteiger partial charge < -0.3 is 14.5 Å². The Bertz CT molecular complexity index is 1060. The maximum Gasteiger partial charge on any atom is 0.324 e. The lowest BCUT2D eigenvalue weighted by molar-refractivity contribution is -0.114. The van der Waals surface area contributed by atoms with Crippen LogP contribution in [0.3, 0.4) is 0 Å². The van der Waals surface area contributed by atoms with Gasteiger partial charge in [0.2, 0.25) is 11.9 Å². The number of urea groups is 1. The van der Waals surface area contributed by atoms with Crippen LogP contribution < -0.4 is 10.2 Å². The molecule has 2 saturated heterocycles. The molecule has 0 aliphatic carbocycles. The van der Waals surface area contributed by atoms with Crippen LogP contribution in [0.5, 0.6) is 0 Å². The molecular formula is C20H21N7O4. The van der Waals surface area contributed by atoms with Gasteiger partial charge in [0.05, 0.1) is 32.0 Å². The highest BCUT2D eigenvalue weighted by Crippen LogP contribution is 2.27. The number of piperidine rings is 1. The molecule has 160 valence electrons. The van der Waals surface area contributed by atoms with Crippen molar-refractivity contribution >= 4 is 35.3 Å².